The van der Waals surface area contributed by atoms with Crippen LogP contribution in [0.5, 0.6) is 5.75 Å². The van der Waals surface area contributed by atoms with Crippen molar-refractivity contribution in [2.45, 2.75) is 27.2 Å². The van der Waals surface area contributed by atoms with E-state index in [2.05, 4.69) is 5.32 Å². The lowest BCUT2D eigenvalue weighted by Gasteiger charge is -2.08. The van der Waals surface area contributed by atoms with Crippen LogP contribution in [0.1, 0.15) is 25.8 Å². The highest BCUT2D eigenvalue weighted by molar-refractivity contribution is 5.90. The van der Waals surface area contributed by atoms with E-state index in [1.165, 1.54) is 0 Å². The number of carbonyl (C=O) groups is 1. The summed E-state index contributed by atoms with van der Waals surface area (Å²) in [6.45, 7) is 6.37. The van der Waals surface area contributed by atoms with Crippen molar-refractivity contribution in [3.05, 3.63) is 23.8 Å². The van der Waals surface area contributed by atoms with E-state index in [1.54, 1.807) is 0 Å². The Bertz CT molecular complexity index is 347. The van der Waals surface area contributed by atoms with Gasteiger partial charge in [0.1, 0.15) is 5.75 Å². The van der Waals surface area contributed by atoms with Crippen LogP contribution >= 0.6 is 0 Å². The molecule has 1 amide bonds. The first kappa shape index (κ1) is 11.6. The van der Waals surface area contributed by atoms with Crippen molar-refractivity contribution < 1.29 is 9.53 Å². The zero-order valence-electron chi connectivity index (χ0n) is 9.46. The lowest BCUT2D eigenvalue weighted by Crippen LogP contribution is -2.09. The quantitative estimate of drug-likeness (QED) is 0.824. The second-order valence-electron chi connectivity index (χ2n) is 3.37. The third-order valence-electron chi connectivity index (χ3n) is 1.97. The van der Waals surface area contributed by atoms with Gasteiger partial charge in [-0.3, -0.25) is 4.79 Å². The van der Waals surface area contributed by atoms with Gasteiger partial charge >= 0.3 is 0 Å². The largest absolute Gasteiger partial charge is 0.494 e. The number of anilines is 1. The third kappa shape index (κ3) is 3.62. The van der Waals surface area contributed by atoms with Gasteiger partial charge in [0.2, 0.25) is 5.91 Å². The number of amides is 1. The lowest BCUT2D eigenvalue weighted by molar-refractivity contribution is -0.115. The Balaban J connectivity index is 2.83. The first-order valence-electron chi connectivity index (χ1n) is 5.20. The summed E-state index contributed by atoms with van der Waals surface area (Å²) in [5.74, 6) is 0.812. The Hall–Kier alpha value is -1.51. The molecule has 1 rings (SSSR count). The maximum Gasteiger partial charge on any atom is 0.224 e. The molecule has 0 atom stereocenters. The average Bonchev–Trinajstić information content (AvgIpc) is 2.17. The molecule has 0 aromatic heterocycles. The molecule has 1 aromatic rings. The molecule has 3 nitrogen and oxygen atoms in total. The van der Waals surface area contributed by atoms with E-state index in [-0.39, 0.29) is 5.91 Å². The molecule has 0 spiro atoms. The molecule has 0 saturated carbocycles. The van der Waals surface area contributed by atoms with Gasteiger partial charge in [0, 0.05) is 18.2 Å². The summed E-state index contributed by atoms with van der Waals surface area (Å²) < 4.78 is 5.39. The van der Waals surface area contributed by atoms with Gasteiger partial charge in [-0.2, -0.15) is 0 Å². The number of benzene rings is 1. The minimum absolute atomic E-state index is 0.0167. The number of carbonyl (C=O) groups excluding carboxylic acids is 1. The van der Waals surface area contributed by atoms with Crippen molar-refractivity contribution in [1.29, 1.82) is 0 Å². The highest BCUT2D eigenvalue weighted by atomic mass is 16.5. The summed E-state index contributed by atoms with van der Waals surface area (Å²) in [4.78, 5) is 11.2. The predicted molar refractivity (Wildman–Crippen MR) is 61.3 cm³/mol. The summed E-state index contributed by atoms with van der Waals surface area (Å²) >= 11 is 0. The van der Waals surface area contributed by atoms with Gasteiger partial charge in [-0.1, -0.05) is 6.92 Å². The van der Waals surface area contributed by atoms with E-state index >= 15 is 0 Å². The van der Waals surface area contributed by atoms with Gasteiger partial charge in [0.05, 0.1) is 6.61 Å². The van der Waals surface area contributed by atoms with Crippen LogP contribution in [0.4, 0.5) is 5.69 Å². The van der Waals surface area contributed by atoms with E-state index in [9.17, 15) is 4.79 Å². The van der Waals surface area contributed by atoms with Crippen molar-refractivity contribution in [2.24, 2.45) is 0 Å². The van der Waals surface area contributed by atoms with Gasteiger partial charge in [-0.05, 0) is 31.5 Å². The van der Waals surface area contributed by atoms with E-state index in [0.717, 1.165) is 17.0 Å². The molecule has 1 aromatic carbocycles. The Morgan fingerprint density at radius 1 is 1.33 bits per heavy atom. The van der Waals surface area contributed by atoms with E-state index in [1.807, 2.05) is 39.0 Å². The number of hydrogen-bond donors (Lipinski definition) is 1. The maximum absolute atomic E-state index is 11.2. The molecule has 3 heteroatoms. The van der Waals surface area contributed by atoms with Crippen LogP contribution in [-0.4, -0.2) is 12.5 Å². The monoisotopic (exact) mass is 207 g/mol. The molecule has 82 valence electrons. The first-order chi connectivity index (χ1) is 7.15. The van der Waals surface area contributed by atoms with Gasteiger partial charge in [0.25, 0.3) is 0 Å². The Kier molecular flexibility index (Phi) is 4.16. The molecule has 0 bridgehead atoms. The van der Waals surface area contributed by atoms with Crippen LogP contribution in [0.3, 0.4) is 0 Å². The fraction of sp³-hybridized carbons (Fsp3) is 0.417. The Labute approximate surface area is 90.4 Å². The molecule has 0 fully saturated rings. The van der Waals surface area contributed by atoms with Crippen LogP contribution in [0, 0.1) is 6.92 Å². The molecule has 0 radical (unpaired) electrons. The number of nitrogens with one attached hydrogen (secondary N) is 1. The number of rotatable bonds is 4. The van der Waals surface area contributed by atoms with Crippen molar-refractivity contribution >= 4 is 11.6 Å². The van der Waals surface area contributed by atoms with E-state index in [0.29, 0.717) is 13.0 Å². The second kappa shape index (κ2) is 5.39. The molecule has 0 heterocycles. The molecule has 0 aliphatic rings. The molecule has 15 heavy (non-hydrogen) atoms. The topological polar surface area (TPSA) is 38.3 Å². The van der Waals surface area contributed by atoms with Crippen molar-refractivity contribution in [2.75, 3.05) is 11.9 Å². The molecule has 0 aliphatic carbocycles. The average molecular weight is 207 g/mol. The normalized spacial score (nSPS) is 9.80. The smallest absolute Gasteiger partial charge is 0.224 e. The SMILES string of the molecule is CCOc1cc(C)cc(NC(=O)CC)c1. The molecule has 1 N–H and O–H groups in total. The standard InChI is InChI=1S/C12H17NO2/c1-4-12(14)13-10-6-9(3)7-11(8-10)15-5-2/h6-8H,4-5H2,1-3H3,(H,13,14). The van der Waals surface area contributed by atoms with Crippen molar-refractivity contribution in [3.63, 3.8) is 0 Å². The van der Waals surface area contributed by atoms with Crippen molar-refractivity contribution in [1.82, 2.24) is 0 Å². The Morgan fingerprint density at radius 2 is 2.07 bits per heavy atom. The highest BCUT2D eigenvalue weighted by Crippen LogP contribution is 2.20. The van der Waals surface area contributed by atoms with Gasteiger partial charge in [-0.25, -0.2) is 0 Å². The van der Waals surface area contributed by atoms with E-state index < -0.39 is 0 Å². The number of aryl methyl sites for hydroxylation is 1. The summed E-state index contributed by atoms with van der Waals surface area (Å²) in [5, 5.41) is 2.81. The summed E-state index contributed by atoms with van der Waals surface area (Å²) in [6, 6.07) is 5.71. The molecular weight excluding hydrogens is 190 g/mol. The summed E-state index contributed by atoms with van der Waals surface area (Å²) in [7, 11) is 0. The molecule has 0 saturated heterocycles. The second-order valence-corrected chi connectivity index (χ2v) is 3.37. The predicted octanol–water partition coefficient (Wildman–Crippen LogP) is 2.74. The first-order valence-corrected chi connectivity index (χ1v) is 5.20. The minimum atomic E-state index is 0.0167. The zero-order chi connectivity index (χ0) is 11.3. The third-order valence-corrected chi connectivity index (χ3v) is 1.97. The van der Waals surface area contributed by atoms with Crippen LogP contribution in [0.15, 0.2) is 18.2 Å². The van der Waals surface area contributed by atoms with Crippen LogP contribution < -0.4 is 10.1 Å². The fourth-order valence-electron chi connectivity index (χ4n) is 1.32. The van der Waals surface area contributed by atoms with Crippen LogP contribution in [-0.2, 0) is 4.79 Å². The van der Waals surface area contributed by atoms with Crippen LogP contribution in [0.25, 0.3) is 0 Å². The van der Waals surface area contributed by atoms with Gasteiger partial charge < -0.3 is 10.1 Å². The molecular formula is C12H17NO2. The maximum atomic E-state index is 11.2. The van der Waals surface area contributed by atoms with E-state index in [4.69, 9.17) is 4.74 Å². The van der Waals surface area contributed by atoms with Crippen LogP contribution in [0.2, 0.25) is 0 Å². The summed E-state index contributed by atoms with van der Waals surface area (Å²) in [6.07, 6.45) is 0.484. The zero-order valence-corrected chi connectivity index (χ0v) is 9.46. The fourth-order valence-corrected chi connectivity index (χ4v) is 1.32. The number of ether oxygens (including phenoxy) is 1. The van der Waals surface area contributed by atoms with Gasteiger partial charge in [-0.15, -0.1) is 0 Å². The lowest BCUT2D eigenvalue weighted by atomic mass is 10.2. The van der Waals surface area contributed by atoms with Gasteiger partial charge in [0.15, 0.2) is 0 Å². The summed E-state index contributed by atoms with van der Waals surface area (Å²) in [5.41, 5.74) is 1.87. The Morgan fingerprint density at radius 3 is 2.67 bits per heavy atom. The molecule has 0 aliphatic heterocycles. The number of hydrogen-bond acceptors (Lipinski definition) is 2. The highest BCUT2D eigenvalue weighted by Gasteiger charge is 2.02. The minimum Gasteiger partial charge on any atom is -0.494 e. The molecule has 0 unspecified atom stereocenters. The van der Waals surface area contributed by atoms with Crippen molar-refractivity contribution in [3.8, 4) is 5.75 Å².